The average molecular weight is 366 g/mol. The van der Waals surface area contributed by atoms with Crippen molar-refractivity contribution in [1.29, 1.82) is 0 Å². The number of carbonyl (C=O) groups is 1. The van der Waals surface area contributed by atoms with Gasteiger partial charge in [-0.05, 0) is 53.3 Å². The van der Waals surface area contributed by atoms with Crippen LogP contribution in [0, 0.1) is 11.6 Å². The van der Waals surface area contributed by atoms with Gasteiger partial charge in [0.2, 0.25) is 0 Å². The minimum Gasteiger partial charge on any atom is -0.478 e. The van der Waals surface area contributed by atoms with Gasteiger partial charge in [-0.2, -0.15) is 0 Å². The van der Waals surface area contributed by atoms with Crippen LogP contribution in [0.2, 0.25) is 0 Å². The van der Waals surface area contributed by atoms with Crippen LogP contribution in [0.3, 0.4) is 0 Å². The van der Waals surface area contributed by atoms with Gasteiger partial charge in [-0.25, -0.2) is 13.6 Å². The topological polar surface area (TPSA) is 37.3 Å². The number of rotatable bonds is 6. The van der Waals surface area contributed by atoms with E-state index >= 15 is 4.39 Å². The second kappa shape index (κ2) is 8.12. The molecule has 4 heteroatoms. The minimum atomic E-state index is -1.32. The molecule has 2 nitrogen and oxygen atoms in total. The monoisotopic (exact) mass is 366 g/mol. The molecule has 0 saturated carbocycles. The molecule has 0 aliphatic rings. The lowest BCUT2D eigenvalue weighted by atomic mass is 9.91. The molecular weight excluding hydrogens is 346 g/mol. The molecule has 0 aromatic heterocycles. The van der Waals surface area contributed by atoms with Crippen molar-refractivity contribution < 1.29 is 18.7 Å². The van der Waals surface area contributed by atoms with Crippen molar-refractivity contribution in [3.8, 4) is 22.3 Å². The molecule has 0 radical (unpaired) electrons. The molecule has 0 spiro atoms. The lowest BCUT2D eigenvalue weighted by Gasteiger charge is -2.14. The fraction of sp³-hybridized carbons (Fsp3) is 0.174. The number of hydrogen-bond donors (Lipinski definition) is 1. The number of benzene rings is 3. The van der Waals surface area contributed by atoms with Crippen LogP contribution in [-0.4, -0.2) is 11.1 Å². The first kappa shape index (κ1) is 18.8. The van der Waals surface area contributed by atoms with Crippen LogP contribution in [0.15, 0.2) is 60.7 Å². The van der Waals surface area contributed by atoms with Crippen LogP contribution >= 0.6 is 0 Å². The summed E-state index contributed by atoms with van der Waals surface area (Å²) in [5.41, 5.74) is 2.72. The molecule has 3 aromatic carbocycles. The molecule has 0 amide bonds. The highest BCUT2D eigenvalue weighted by atomic mass is 19.1. The zero-order valence-electron chi connectivity index (χ0n) is 15.0. The van der Waals surface area contributed by atoms with Crippen molar-refractivity contribution in [2.45, 2.75) is 26.2 Å². The van der Waals surface area contributed by atoms with Gasteiger partial charge in [0.1, 0.15) is 11.6 Å². The zero-order valence-corrected chi connectivity index (χ0v) is 15.0. The first-order chi connectivity index (χ1) is 13.0. The van der Waals surface area contributed by atoms with E-state index in [1.54, 1.807) is 18.2 Å². The van der Waals surface area contributed by atoms with E-state index < -0.39 is 11.8 Å². The number of carboxylic acids is 1. The molecule has 0 unspecified atom stereocenters. The van der Waals surface area contributed by atoms with E-state index in [1.807, 2.05) is 24.3 Å². The second-order valence-electron chi connectivity index (χ2n) is 6.46. The van der Waals surface area contributed by atoms with Gasteiger partial charge >= 0.3 is 5.97 Å². The Morgan fingerprint density at radius 3 is 2.11 bits per heavy atom. The zero-order chi connectivity index (χ0) is 19.4. The molecule has 1 N–H and O–H groups in total. The molecule has 0 aliphatic carbocycles. The van der Waals surface area contributed by atoms with E-state index in [-0.39, 0.29) is 16.9 Å². The first-order valence-corrected chi connectivity index (χ1v) is 8.92. The molecule has 27 heavy (non-hydrogen) atoms. The summed E-state index contributed by atoms with van der Waals surface area (Å²) in [6.45, 7) is 2.12. The Hall–Kier alpha value is -3.01. The van der Waals surface area contributed by atoms with E-state index in [0.717, 1.165) is 24.8 Å². The molecule has 0 saturated heterocycles. The Balaban J connectivity index is 2.14. The van der Waals surface area contributed by atoms with Gasteiger partial charge in [-0.3, -0.25) is 0 Å². The van der Waals surface area contributed by atoms with E-state index in [4.69, 9.17) is 0 Å². The van der Waals surface area contributed by atoms with Crippen molar-refractivity contribution in [1.82, 2.24) is 0 Å². The molecule has 138 valence electrons. The number of halogens is 2. The molecule has 0 aliphatic heterocycles. The van der Waals surface area contributed by atoms with Gasteiger partial charge in [-0.1, -0.05) is 55.8 Å². The predicted molar refractivity (Wildman–Crippen MR) is 103 cm³/mol. The Morgan fingerprint density at radius 1 is 0.889 bits per heavy atom. The van der Waals surface area contributed by atoms with Gasteiger partial charge in [0.25, 0.3) is 0 Å². The number of aryl methyl sites for hydroxylation is 1. The third-order valence-electron chi connectivity index (χ3n) is 4.59. The molecule has 3 aromatic rings. The van der Waals surface area contributed by atoms with E-state index in [0.29, 0.717) is 16.7 Å². The third-order valence-corrected chi connectivity index (χ3v) is 4.59. The van der Waals surface area contributed by atoms with Crippen LogP contribution in [0.25, 0.3) is 22.3 Å². The summed E-state index contributed by atoms with van der Waals surface area (Å²) in [6.07, 6.45) is 3.11. The van der Waals surface area contributed by atoms with Gasteiger partial charge in [0, 0.05) is 5.56 Å². The largest absolute Gasteiger partial charge is 0.478 e. The van der Waals surface area contributed by atoms with Gasteiger partial charge in [0.05, 0.1) is 5.56 Å². The molecule has 0 heterocycles. The van der Waals surface area contributed by atoms with E-state index in [9.17, 15) is 14.3 Å². The number of aromatic carboxylic acids is 1. The number of carboxylic acid groups (broad SMARTS) is 1. The maximum absolute atomic E-state index is 15.1. The Morgan fingerprint density at radius 2 is 1.52 bits per heavy atom. The van der Waals surface area contributed by atoms with Gasteiger partial charge < -0.3 is 5.11 Å². The van der Waals surface area contributed by atoms with E-state index in [1.165, 1.54) is 18.2 Å². The van der Waals surface area contributed by atoms with Crippen LogP contribution in [0.1, 0.15) is 35.7 Å². The van der Waals surface area contributed by atoms with Crippen molar-refractivity contribution in [2.24, 2.45) is 0 Å². The Labute approximate surface area is 157 Å². The smallest absolute Gasteiger partial charge is 0.338 e. The SMILES string of the molecule is CCCCc1ccc(-c2c(-c3ccc(F)cc3)ccc(C(=O)O)c2F)cc1. The van der Waals surface area contributed by atoms with Gasteiger partial charge in [0.15, 0.2) is 0 Å². The Kier molecular flexibility index (Phi) is 5.65. The molecular formula is C23H20F2O2. The molecule has 0 bridgehead atoms. The molecule has 0 fully saturated rings. The van der Waals surface area contributed by atoms with Crippen LogP contribution < -0.4 is 0 Å². The van der Waals surface area contributed by atoms with Crippen molar-refractivity contribution in [2.75, 3.05) is 0 Å². The second-order valence-corrected chi connectivity index (χ2v) is 6.46. The summed E-state index contributed by atoms with van der Waals surface area (Å²) >= 11 is 0. The summed E-state index contributed by atoms with van der Waals surface area (Å²) in [5, 5.41) is 9.29. The van der Waals surface area contributed by atoms with E-state index in [2.05, 4.69) is 6.92 Å². The van der Waals surface area contributed by atoms with Crippen LogP contribution in [-0.2, 0) is 6.42 Å². The third kappa shape index (κ3) is 4.05. The molecule has 0 atom stereocenters. The summed E-state index contributed by atoms with van der Waals surface area (Å²) in [5.74, 6) is -2.49. The summed E-state index contributed by atoms with van der Waals surface area (Å²) in [7, 11) is 0. The van der Waals surface area contributed by atoms with Gasteiger partial charge in [-0.15, -0.1) is 0 Å². The summed E-state index contributed by atoms with van der Waals surface area (Å²) in [6, 6.07) is 16.0. The lowest BCUT2D eigenvalue weighted by molar-refractivity contribution is 0.0692. The van der Waals surface area contributed by atoms with Crippen molar-refractivity contribution in [3.63, 3.8) is 0 Å². The highest BCUT2D eigenvalue weighted by molar-refractivity contribution is 5.94. The highest BCUT2D eigenvalue weighted by Crippen LogP contribution is 2.36. The average Bonchev–Trinajstić information content (AvgIpc) is 2.67. The van der Waals surface area contributed by atoms with Crippen LogP contribution in [0.5, 0.6) is 0 Å². The standard InChI is InChI=1S/C23H20F2O2/c1-2-3-4-15-5-7-17(8-6-15)21-19(16-9-11-18(24)12-10-16)13-14-20(22(21)25)23(26)27/h5-14H,2-4H2,1H3,(H,26,27). The predicted octanol–water partition coefficient (Wildman–Crippen LogP) is 6.34. The summed E-state index contributed by atoms with van der Waals surface area (Å²) in [4.78, 5) is 11.4. The maximum atomic E-state index is 15.1. The fourth-order valence-electron chi connectivity index (χ4n) is 3.11. The number of unbranched alkanes of at least 4 members (excludes halogenated alkanes) is 1. The highest BCUT2D eigenvalue weighted by Gasteiger charge is 2.20. The quantitative estimate of drug-likeness (QED) is 0.553. The summed E-state index contributed by atoms with van der Waals surface area (Å²) < 4.78 is 28.4. The Bertz CT molecular complexity index is 945. The molecule has 3 rings (SSSR count). The number of hydrogen-bond acceptors (Lipinski definition) is 1. The fourth-order valence-corrected chi connectivity index (χ4v) is 3.11. The van der Waals surface area contributed by atoms with Crippen molar-refractivity contribution in [3.05, 3.63) is 83.4 Å². The normalized spacial score (nSPS) is 10.8. The van der Waals surface area contributed by atoms with Crippen LogP contribution in [0.4, 0.5) is 8.78 Å². The minimum absolute atomic E-state index is 0.212. The maximum Gasteiger partial charge on any atom is 0.338 e. The van der Waals surface area contributed by atoms with Crippen molar-refractivity contribution >= 4 is 5.97 Å². The lowest BCUT2D eigenvalue weighted by Crippen LogP contribution is -2.03. The first-order valence-electron chi connectivity index (χ1n) is 8.92.